The molecule has 1 saturated heterocycles. The summed E-state index contributed by atoms with van der Waals surface area (Å²) in [5, 5.41) is 2.19. The fourth-order valence-electron chi connectivity index (χ4n) is 1.66. The van der Waals surface area contributed by atoms with E-state index in [1.54, 1.807) is 6.07 Å². The zero-order valence-corrected chi connectivity index (χ0v) is 11.8. The largest absolute Gasteiger partial charge is 0.481 e. The molecule has 8 heteroatoms. The van der Waals surface area contributed by atoms with E-state index < -0.39 is 11.7 Å². The van der Waals surface area contributed by atoms with Gasteiger partial charge in [-0.3, -0.25) is 19.3 Å². The van der Waals surface area contributed by atoms with Crippen LogP contribution in [0.2, 0.25) is 0 Å². The maximum absolute atomic E-state index is 13.2. The highest BCUT2D eigenvalue weighted by molar-refractivity contribution is 8.14. The van der Waals surface area contributed by atoms with Crippen LogP contribution in [0, 0.1) is 5.82 Å². The number of imide groups is 1. The Hall–Kier alpha value is -2.09. The molecule has 0 aromatic heterocycles. The van der Waals surface area contributed by atoms with Crippen LogP contribution in [0.3, 0.4) is 0 Å². The molecule has 0 radical (unpaired) electrons. The minimum Gasteiger partial charge on any atom is -0.481 e. The van der Waals surface area contributed by atoms with Crippen molar-refractivity contribution >= 4 is 28.8 Å². The van der Waals surface area contributed by atoms with Gasteiger partial charge in [-0.25, -0.2) is 4.39 Å². The Morgan fingerprint density at radius 2 is 2.14 bits per heavy atom. The highest BCUT2D eigenvalue weighted by Gasteiger charge is 2.29. The second kappa shape index (κ2) is 7.07. The van der Waals surface area contributed by atoms with Gasteiger partial charge in [0.25, 0.3) is 11.1 Å². The lowest BCUT2D eigenvalue weighted by Crippen LogP contribution is -2.39. The van der Waals surface area contributed by atoms with Crippen LogP contribution < -0.4 is 10.1 Å². The number of thioether (sulfide) groups is 1. The fraction of sp³-hybridized carbons (Fsp3) is 0.308. The molecule has 0 unspecified atom stereocenters. The van der Waals surface area contributed by atoms with E-state index in [0.717, 1.165) is 16.7 Å². The monoisotopic (exact) mass is 312 g/mol. The van der Waals surface area contributed by atoms with Crippen LogP contribution in [0.15, 0.2) is 24.3 Å². The second-order valence-corrected chi connectivity index (χ2v) is 5.10. The summed E-state index contributed by atoms with van der Waals surface area (Å²) in [6.07, 6.45) is 0. The van der Waals surface area contributed by atoms with E-state index in [2.05, 4.69) is 5.32 Å². The minimum absolute atomic E-state index is 0.00560. The third-order valence-corrected chi connectivity index (χ3v) is 3.55. The van der Waals surface area contributed by atoms with Crippen molar-refractivity contribution in [1.82, 2.24) is 10.2 Å². The van der Waals surface area contributed by atoms with Gasteiger partial charge in [0.15, 0.2) is 18.2 Å². The van der Waals surface area contributed by atoms with Gasteiger partial charge >= 0.3 is 0 Å². The maximum atomic E-state index is 13.2. The standard InChI is InChI=1S/C13H13FN2O4S/c14-9-3-1-2-4-10(9)20-7-11(17)15-5-6-16-12(18)8-21-13(16)19/h1-4H,5-8H2,(H,15,17). The molecule has 1 N–H and O–H groups in total. The number of benzene rings is 1. The normalized spacial score (nSPS) is 14.4. The van der Waals surface area contributed by atoms with Gasteiger partial charge in [-0.15, -0.1) is 0 Å². The molecule has 0 aliphatic carbocycles. The summed E-state index contributed by atoms with van der Waals surface area (Å²) in [7, 11) is 0. The first kappa shape index (κ1) is 15.3. The van der Waals surface area contributed by atoms with E-state index in [0.29, 0.717) is 0 Å². The van der Waals surface area contributed by atoms with Gasteiger partial charge in [-0.1, -0.05) is 23.9 Å². The van der Waals surface area contributed by atoms with Crippen LogP contribution in [0.25, 0.3) is 0 Å². The number of para-hydroxylation sites is 1. The summed E-state index contributed by atoms with van der Waals surface area (Å²) in [4.78, 5) is 35.2. The average molecular weight is 312 g/mol. The lowest BCUT2D eigenvalue weighted by atomic mass is 10.3. The Bertz CT molecular complexity index is 551. The first-order valence-electron chi connectivity index (χ1n) is 6.19. The van der Waals surface area contributed by atoms with Crippen LogP contribution in [-0.4, -0.2) is 47.4 Å². The molecule has 6 nitrogen and oxygen atoms in total. The number of amides is 3. The number of ether oxygens (including phenoxy) is 1. The van der Waals surface area contributed by atoms with E-state index in [-0.39, 0.29) is 42.3 Å². The SMILES string of the molecule is O=C(COc1ccccc1F)NCCN1C(=O)CSC1=O. The molecular formula is C13H13FN2O4S. The fourth-order valence-corrected chi connectivity index (χ4v) is 2.41. The molecule has 0 atom stereocenters. The summed E-state index contributed by atoms with van der Waals surface area (Å²) in [5.41, 5.74) is 0. The highest BCUT2D eigenvalue weighted by atomic mass is 32.2. The molecule has 1 aromatic rings. The summed E-state index contributed by atoms with van der Waals surface area (Å²) in [5.74, 6) is -1.13. The van der Waals surface area contributed by atoms with Crippen molar-refractivity contribution in [3.05, 3.63) is 30.1 Å². The lowest BCUT2D eigenvalue weighted by molar-refractivity contribution is -0.126. The number of halogens is 1. The van der Waals surface area contributed by atoms with E-state index in [1.807, 2.05) is 0 Å². The number of nitrogens with one attached hydrogen (secondary N) is 1. The van der Waals surface area contributed by atoms with Gasteiger partial charge in [0.05, 0.1) is 5.75 Å². The zero-order chi connectivity index (χ0) is 15.2. The van der Waals surface area contributed by atoms with Crippen LogP contribution in [0.1, 0.15) is 0 Å². The number of hydrogen-bond donors (Lipinski definition) is 1. The van der Waals surface area contributed by atoms with Crippen molar-refractivity contribution in [2.45, 2.75) is 0 Å². The van der Waals surface area contributed by atoms with Crippen molar-refractivity contribution in [3.63, 3.8) is 0 Å². The van der Waals surface area contributed by atoms with Crippen molar-refractivity contribution in [1.29, 1.82) is 0 Å². The third kappa shape index (κ3) is 4.19. The number of hydrogen-bond acceptors (Lipinski definition) is 5. The highest BCUT2D eigenvalue weighted by Crippen LogP contribution is 2.17. The van der Waals surface area contributed by atoms with E-state index >= 15 is 0 Å². The quantitative estimate of drug-likeness (QED) is 0.848. The third-order valence-electron chi connectivity index (χ3n) is 2.69. The number of carbonyl (C=O) groups is 3. The average Bonchev–Trinajstić information content (AvgIpc) is 2.78. The number of rotatable bonds is 6. The van der Waals surface area contributed by atoms with E-state index in [1.165, 1.54) is 18.2 Å². The summed E-state index contributed by atoms with van der Waals surface area (Å²) < 4.78 is 18.3. The molecule has 1 heterocycles. The van der Waals surface area contributed by atoms with Crippen molar-refractivity contribution in [3.8, 4) is 5.75 Å². The molecule has 112 valence electrons. The smallest absolute Gasteiger partial charge is 0.288 e. The molecule has 3 amide bonds. The maximum Gasteiger partial charge on any atom is 0.288 e. The molecule has 0 spiro atoms. The molecule has 1 aliphatic rings. The Balaban J connectivity index is 1.69. The minimum atomic E-state index is -0.546. The van der Waals surface area contributed by atoms with Crippen LogP contribution in [0.4, 0.5) is 9.18 Å². The summed E-state index contributed by atoms with van der Waals surface area (Å²) in [6, 6.07) is 5.76. The topological polar surface area (TPSA) is 75.7 Å². The second-order valence-electron chi connectivity index (χ2n) is 4.17. The summed E-state index contributed by atoms with van der Waals surface area (Å²) >= 11 is 0.940. The Morgan fingerprint density at radius 3 is 2.81 bits per heavy atom. The Labute approximate surface area is 124 Å². The molecule has 0 saturated carbocycles. The predicted octanol–water partition coefficient (Wildman–Crippen LogP) is 1.02. The van der Waals surface area contributed by atoms with E-state index in [9.17, 15) is 18.8 Å². The van der Waals surface area contributed by atoms with Crippen LogP contribution in [0.5, 0.6) is 5.75 Å². The van der Waals surface area contributed by atoms with Gasteiger partial charge < -0.3 is 10.1 Å². The van der Waals surface area contributed by atoms with Crippen LogP contribution >= 0.6 is 11.8 Å². The van der Waals surface area contributed by atoms with Gasteiger partial charge in [0.1, 0.15) is 0 Å². The molecule has 21 heavy (non-hydrogen) atoms. The number of carbonyl (C=O) groups excluding carboxylic acids is 3. The molecule has 1 aromatic carbocycles. The van der Waals surface area contributed by atoms with Crippen LogP contribution in [-0.2, 0) is 9.59 Å². The molecule has 0 bridgehead atoms. The van der Waals surface area contributed by atoms with Crippen molar-refractivity contribution in [2.75, 3.05) is 25.4 Å². The number of nitrogens with zero attached hydrogens (tertiary/aromatic N) is 1. The molecular weight excluding hydrogens is 299 g/mol. The lowest BCUT2D eigenvalue weighted by Gasteiger charge is -2.13. The van der Waals surface area contributed by atoms with Gasteiger partial charge in [0.2, 0.25) is 5.91 Å². The van der Waals surface area contributed by atoms with E-state index in [4.69, 9.17) is 4.74 Å². The van der Waals surface area contributed by atoms with Gasteiger partial charge in [-0.2, -0.15) is 0 Å². The molecule has 1 fully saturated rings. The van der Waals surface area contributed by atoms with Gasteiger partial charge in [-0.05, 0) is 12.1 Å². The first-order valence-corrected chi connectivity index (χ1v) is 7.17. The first-order chi connectivity index (χ1) is 10.1. The Morgan fingerprint density at radius 1 is 1.38 bits per heavy atom. The molecule has 2 rings (SSSR count). The zero-order valence-electron chi connectivity index (χ0n) is 11.0. The Kier molecular flexibility index (Phi) is 5.15. The van der Waals surface area contributed by atoms with Crippen molar-refractivity contribution in [2.24, 2.45) is 0 Å². The van der Waals surface area contributed by atoms with Gasteiger partial charge in [0, 0.05) is 13.1 Å². The van der Waals surface area contributed by atoms with Crippen molar-refractivity contribution < 1.29 is 23.5 Å². The predicted molar refractivity (Wildman–Crippen MR) is 74.5 cm³/mol. The summed E-state index contributed by atoms with van der Waals surface area (Å²) in [6.45, 7) is -0.0782. The molecule has 1 aliphatic heterocycles.